The zero-order valence-electron chi connectivity index (χ0n) is 8.15. The maximum Gasteiger partial charge on any atom is 0.150 e. The molecule has 0 aliphatic heterocycles. The van der Waals surface area contributed by atoms with Crippen molar-refractivity contribution in [2.45, 2.75) is 0 Å². The highest BCUT2D eigenvalue weighted by molar-refractivity contribution is 7.97. The van der Waals surface area contributed by atoms with E-state index in [1.165, 1.54) is 11.9 Å². The molecule has 2 aromatic rings. The maximum absolute atomic E-state index is 10.0. The number of tetrazole rings is 1. The van der Waals surface area contributed by atoms with Crippen LogP contribution in [0.15, 0.2) is 36.7 Å². The van der Waals surface area contributed by atoms with Gasteiger partial charge in [0.25, 0.3) is 0 Å². The van der Waals surface area contributed by atoms with Gasteiger partial charge in [-0.05, 0) is 22.4 Å². The molecule has 0 amide bonds. The Morgan fingerprint density at radius 2 is 2.07 bits per heavy atom. The Hall–Kier alpha value is -1.69. The quantitative estimate of drug-likeness (QED) is 0.717. The Morgan fingerprint density at radius 1 is 1.33 bits per heavy atom. The van der Waals surface area contributed by atoms with Gasteiger partial charge in [0.15, 0.2) is 6.33 Å². The van der Waals surface area contributed by atoms with Gasteiger partial charge in [0.05, 0.1) is 0 Å². The van der Waals surface area contributed by atoms with Crippen LogP contribution in [0.1, 0.15) is 10.4 Å². The average molecular weight is 222 g/mol. The molecule has 0 fully saturated rings. The highest BCUT2D eigenvalue weighted by atomic mass is 32.2. The third kappa shape index (κ3) is 4.37. The average Bonchev–Trinajstić information content (AvgIpc) is 2.84. The standard InChI is InChI=1S/C7H6O.C2H4N4S/c8-6-7-4-2-1-3-5-7;1-7-6-2-3-4-5-6/h1-6H;2H,1H3. The van der Waals surface area contributed by atoms with Crippen LogP contribution < -0.4 is 0 Å². The van der Waals surface area contributed by atoms with Gasteiger partial charge in [-0.2, -0.15) is 4.09 Å². The molecule has 78 valence electrons. The Labute approximate surface area is 91.6 Å². The summed E-state index contributed by atoms with van der Waals surface area (Å²) in [6.07, 6.45) is 4.28. The molecule has 1 aromatic carbocycles. The summed E-state index contributed by atoms with van der Waals surface area (Å²) in [4.78, 5) is 10.0. The van der Waals surface area contributed by atoms with Crippen molar-refractivity contribution in [3.63, 3.8) is 0 Å². The number of benzene rings is 1. The maximum atomic E-state index is 10.0. The number of aromatic nitrogens is 4. The lowest BCUT2D eigenvalue weighted by molar-refractivity contribution is 0.112. The summed E-state index contributed by atoms with van der Waals surface area (Å²) < 4.78 is 1.57. The van der Waals surface area contributed by atoms with Crippen LogP contribution in [0.25, 0.3) is 0 Å². The van der Waals surface area contributed by atoms with Crippen LogP contribution in [0.2, 0.25) is 0 Å². The predicted octanol–water partition coefficient (Wildman–Crippen LogP) is 1.30. The SMILES string of the molecule is CSn1cnnn1.O=Cc1ccccc1. The van der Waals surface area contributed by atoms with Gasteiger partial charge in [0, 0.05) is 11.8 Å². The number of aldehydes is 1. The van der Waals surface area contributed by atoms with Crippen molar-refractivity contribution in [1.29, 1.82) is 0 Å². The summed E-state index contributed by atoms with van der Waals surface area (Å²) in [7, 11) is 0. The van der Waals surface area contributed by atoms with Crippen molar-refractivity contribution in [1.82, 2.24) is 19.6 Å². The normalized spacial score (nSPS) is 8.87. The van der Waals surface area contributed by atoms with Crippen LogP contribution >= 0.6 is 11.9 Å². The van der Waals surface area contributed by atoms with Gasteiger partial charge in [-0.1, -0.05) is 30.3 Å². The molecule has 6 heteroatoms. The molecule has 1 heterocycles. The lowest BCUT2D eigenvalue weighted by Crippen LogP contribution is -1.83. The summed E-state index contributed by atoms with van der Waals surface area (Å²) in [5.74, 6) is 0. The Morgan fingerprint density at radius 3 is 2.40 bits per heavy atom. The number of carbonyl (C=O) groups is 1. The monoisotopic (exact) mass is 222 g/mol. The van der Waals surface area contributed by atoms with E-state index in [9.17, 15) is 4.79 Å². The summed E-state index contributed by atoms with van der Waals surface area (Å²) in [6, 6.07) is 9.10. The summed E-state index contributed by atoms with van der Waals surface area (Å²) >= 11 is 1.46. The molecule has 5 nitrogen and oxygen atoms in total. The van der Waals surface area contributed by atoms with Gasteiger partial charge in [-0.15, -0.1) is 5.10 Å². The van der Waals surface area contributed by atoms with Crippen molar-refractivity contribution >= 4 is 18.2 Å². The van der Waals surface area contributed by atoms with Crippen LogP contribution in [0.3, 0.4) is 0 Å². The molecule has 0 saturated carbocycles. The van der Waals surface area contributed by atoms with Gasteiger partial charge < -0.3 is 0 Å². The van der Waals surface area contributed by atoms with E-state index in [4.69, 9.17) is 0 Å². The van der Waals surface area contributed by atoms with Crippen molar-refractivity contribution in [2.75, 3.05) is 6.26 Å². The molecular weight excluding hydrogens is 212 g/mol. The molecule has 0 bridgehead atoms. The Balaban J connectivity index is 0.000000151. The number of rotatable bonds is 2. The van der Waals surface area contributed by atoms with E-state index in [0.29, 0.717) is 0 Å². The Kier molecular flexibility index (Phi) is 5.10. The van der Waals surface area contributed by atoms with Crippen LogP contribution in [0.4, 0.5) is 0 Å². The summed E-state index contributed by atoms with van der Waals surface area (Å²) in [5.41, 5.74) is 0.729. The Bertz CT molecular complexity index is 376. The van der Waals surface area contributed by atoms with E-state index in [0.717, 1.165) is 11.8 Å². The first-order valence-electron chi connectivity index (χ1n) is 4.14. The second-order valence-electron chi connectivity index (χ2n) is 2.42. The van der Waals surface area contributed by atoms with Gasteiger partial charge in [-0.25, -0.2) is 0 Å². The lowest BCUT2D eigenvalue weighted by atomic mass is 10.2. The number of hydrogen-bond donors (Lipinski definition) is 0. The zero-order chi connectivity index (χ0) is 10.9. The number of hydrogen-bond acceptors (Lipinski definition) is 5. The second-order valence-corrected chi connectivity index (χ2v) is 3.16. The fourth-order valence-electron chi connectivity index (χ4n) is 0.768. The van der Waals surface area contributed by atoms with E-state index in [2.05, 4.69) is 15.5 Å². The molecular formula is C9H10N4OS. The molecule has 0 N–H and O–H groups in total. The van der Waals surface area contributed by atoms with Gasteiger partial charge in [0.1, 0.15) is 6.29 Å². The zero-order valence-corrected chi connectivity index (χ0v) is 8.96. The lowest BCUT2D eigenvalue weighted by Gasteiger charge is -1.81. The minimum absolute atomic E-state index is 0.729. The van der Waals surface area contributed by atoms with Crippen LogP contribution in [0, 0.1) is 0 Å². The number of carbonyl (C=O) groups excluding carboxylic acids is 1. The number of nitrogens with zero attached hydrogens (tertiary/aromatic N) is 4. The fraction of sp³-hybridized carbons (Fsp3) is 0.111. The van der Waals surface area contributed by atoms with Crippen LogP contribution in [-0.4, -0.2) is 32.2 Å². The molecule has 0 aliphatic carbocycles. The first-order chi connectivity index (χ1) is 7.36. The fourth-order valence-corrected chi connectivity index (χ4v) is 1.01. The molecule has 0 spiro atoms. The minimum Gasteiger partial charge on any atom is -0.298 e. The third-order valence-corrected chi connectivity index (χ3v) is 1.99. The second kappa shape index (κ2) is 6.72. The highest BCUT2D eigenvalue weighted by Crippen LogP contribution is 1.91. The van der Waals surface area contributed by atoms with E-state index < -0.39 is 0 Å². The van der Waals surface area contributed by atoms with Crippen molar-refractivity contribution in [2.24, 2.45) is 0 Å². The molecule has 1 aromatic heterocycles. The van der Waals surface area contributed by atoms with Crippen molar-refractivity contribution < 1.29 is 4.79 Å². The van der Waals surface area contributed by atoms with E-state index >= 15 is 0 Å². The minimum atomic E-state index is 0.729. The molecule has 0 unspecified atom stereocenters. The van der Waals surface area contributed by atoms with Gasteiger partial charge in [-0.3, -0.25) is 4.79 Å². The van der Waals surface area contributed by atoms with Crippen molar-refractivity contribution in [3.8, 4) is 0 Å². The highest BCUT2D eigenvalue weighted by Gasteiger charge is 1.81. The van der Waals surface area contributed by atoms with Gasteiger partial charge >= 0.3 is 0 Å². The topological polar surface area (TPSA) is 60.7 Å². The first-order valence-corrected chi connectivity index (χ1v) is 5.32. The smallest absolute Gasteiger partial charge is 0.150 e. The summed E-state index contributed by atoms with van der Waals surface area (Å²) in [6.45, 7) is 0. The largest absolute Gasteiger partial charge is 0.298 e. The molecule has 0 radical (unpaired) electrons. The van der Waals surface area contributed by atoms with Crippen LogP contribution in [0.5, 0.6) is 0 Å². The van der Waals surface area contributed by atoms with E-state index in [1.54, 1.807) is 22.5 Å². The first kappa shape index (κ1) is 11.4. The molecule has 2 rings (SSSR count). The third-order valence-electron chi connectivity index (χ3n) is 1.45. The molecule has 0 saturated heterocycles. The van der Waals surface area contributed by atoms with E-state index in [-0.39, 0.29) is 0 Å². The molecule has 0 aliphatic rings. The van der Waals surface area contributed by atoms with Crippen LogP contribution in [-0.2, 0) is 0 Å². The van der Waals surface area contributed by atoms with Crippen molar-refractivity contribution in [3.05, 3.63) is 42.2 Å². The predicted molar refractivity (Wildman–Crippen MR) is 58.6 cm³/mol. The summed E-state index contributed by atoms with van der Waals surface area (Å²) in [5, 5.41) is 10.4. The molecule has 0 atom stereocenters. The molecule has 15 heavy (non-hydrogen) atoms. The van der Waals surface area contributed by atoms with E-state index in [1.807, 2.05) is 24.5 Å². The van der Waals surface area contributed by atoms with Gasteiger partial charge in [0.2, 0.25) is 0 Å².